The number of aryl methyl sites for hydroxylation is 2. The molecule has 7 rings (SSSR count). The van der Waals surface area contributed by atoms with E-state index in [0.29, 0.717) is 49.0 Å². The number of benzene rings is 3. The standard InChI is InChI=1S/C33H35N5O5/c1-21-7-9-24-15-26(21)23-5-4-6-25(14-23)42-20-32(39)35-16-22-8-10-28(29(13-22)41-3)43-30-18-38(17-27(30)36-33(24)40)19-31-34-11-12-37(31)2/h4-15,27,30H,16-20H2,1-3H3,(H,35,39)(H,36,40)/t27-,30-/m0/s1. The van der Waals surface area contributed by atoms with Crippen LogP contribution in [0.25, 0.3) is 11.1 Å². The molecule has 4 heterocycles. The third-order valence-electron chi connectivity index (χ3n) is 7.96. The molecule has 10 nitrogen and oxygen atoms in total. The van der Waals surface area contributed by atoms with Crippen molar-refractivity contribution in [1.82, 2.24) is 25.1 Å². The van der Waals surface area contributed by atoms with Crippen LogP contribution in [0.2, 0.25) is 0 Å². The monoisotopic (exact) mass is 581 g/mol. The van der Waals surface area contributed by atoms with Crippen molar-refractivity contribution in [1.29, 1.82) is 0 Å². The summed E-state index contributed by atoms with van der Waals surface area (Å²) in [5.41, 5.74) is 4.23. The number of hydrogen-bond acceptors (Lipinski definition) is 7. The van der Waals surface area contributed by atoms with Crippen LogP contribution >= 0.6 is 0 Å². The fourth-order valence-corrected chi connectivity index (χ4v) is 5.55. The molecule has 3 aliphatic rings. The lowest BCUT2D eigenvalue weighted by Crippen LogP contribution is -2.45. The second-order valence-corrected chi connectivity index (χ2v) is 11.0. The van der Waals surface area contributed by atoms with Crippen LogP contribution in [0.5, 0.6) is 17.2 Å². The van der Waals surface area contributed by atoms with E-state index in [1.54, 1.807) is 13.3 Å². The van der Waals surface area contributed by atoms with E-state index in [1.165, 1.54) is 0 Å². The summed E-state index contributed by atoms with van der Waals surface area (Å²) in [6, 6.07) is 18.5. The van der Waals surface area contributed by atoms with Gasteiger partial charge in [-0.15, -0.1) is 0 Å². The first kappa shape index (κ1) is 28.3. The van der Waals surface area contributed by atoms with Crippen molar-refractivity contribution in [2.75, 3.05) is 26.8 Å². The minimum absolute atomic E-state index is 0.124. The first-order valence-electron chi connectivity index (χ1n) is 14.3. The molecule has 0 saturated carbocycles. The molecule has 0 spiro atoms. The van der Waals surface area contributed by atoms with Crippen molar-refractivity contribution in [3.8, 4) is 28.4 Å². The Balaban J connectivity index is 1.35. The van der Waals surface area contributed by atoms with Crippen molar-refractivity contribution in [3.63, 3.8) is 0 Å². The summed E-state index contributed by atoms with van der Waals surface area (Å²) >= 11 is 0. The molecule has 2 amide bonds. The van der Waals surface area contributed by atoms with Gasteiger partial charge in [0.05, 0.1) is 19.7 Å². The zero-order valence-corrected chi connectivity index (χ0v) is 24.5. The van der Waals surface area contributed by atoms with E-state index in [1.807, 2.05) is 85.4 Å². The lowest BCUT2D eigenvalue weighted by molar-refractivity contribution is -0.123. The van der Waals surface area contributed by atoms with Crippen LogP contribution in [0.4, 0.5) is 0 Å². The van der Waals surface area contributed by atoms with Crippen LogP contribution in [0, 0.1) is 6.92 Å². The van der Waals surface area contributed by atoms with Crippen LogP contribution in [-0.2, 0) is 24.9 Å². The fourth-order valence-electron chi connectivity index (χ4n) is 5.55. The van der Waals surface area contributed by atoms with Crippen molar-refractivity contribution < 1.29 is 23.8 Å². The number of carbonyl (C=O) groups excluding carboxylic acids is 2. The van der Waals surface area contributed by atoms with E-state index in [0.717, 1.165) is 28.1 Å². The summed E-state index contributed by atoms with van der Waals surface area (Å²) in [4.78, 5) is 33.0. The molecule has 1 aromatic heterocycles. The summed E-state index contributed by atoms with van der Waals surface area (Å²) in [6.07, 6.45) is 3.37. The Labute approximate surface area is 250 Å². The van der Waals surface area contributed by atoms with Gasteiger partial charge in [0.15, 0.2) is 18.1 Å². The minimum atomic E-state index is -0.340. The van der Waals surface area contributed by atoms with Gasteiger partial charge in [-0.25, -0.2) is 4.98 Å². The topological polar surface area (TPSA) is 107 Å². The molecule has 2 atom stereocenters. The Bertz CT molecular complexity index is 1650. The van der Waals surface area contributed by atoms with E-state index >= 15 is 0 Å². The molecule has 1 fully saturated rings. The lowest BCUT2D eigenvalue weighted by atomic mass is 9.97. The molecule has 1 saturated heterocycles. The maximum atomic E-state index is 13.7. The van der Waals surface area contributed by atoms with Gasteiger partial charge in [-0.3, -0.25) is 14.5 Å². The fraction of sp³-hybridized carbons (Fsp3) is 0.303. The van der Waals surface area contributed by atoms with Gasteiger partial charge in [-0.2, -0.15) is 0 Å². The molecular formula is C33H35N5O5. The van der Waals surface area contributed by atoms with Crippen LogP contribution in [0.1, 0.15) is 27.3 Å². The SMILES string of the molecule is COc1cc2ccc1O[C@H]1CN(Cc3nccn3C)C[C@@H]1NC(=O)c1ccc(C)c(c1)-c1cccc(c1)OCC(=O)NC2. The summed E-state index contributed by atoms with van der Waals surface area (Å²) in [6.45, 7) is 3.99. The van der Waals surface area contributed by atoms with E-state index in [2.05, 4.69) is 20.5 Å². The van der Waals surface area contributed by atoms with Crippen LogP contribution < -0.4 is 24.8 Å². The molecular weight excluding hydrogens is 546 g/mol. The summed E-state index contributed by atoms with van der Waals surface area (Å²) in [5.74, 6) is 2.19. The maximum Gasteiger partial charge on any atom is 0.258 e. The number of aromatic nitrogens is 2. The molecule has 3 aliphatic heterocycles. The Kier molecular flexibility index (Phi) is 8.02. The third-order valence-corrected chi connectivity index (χ3v) is 7.96. The van der Waals surface area contributed by atoms with Gasteiger partial charge in [-0.05, 0) is 65.6 Å². The summed E-state index contributed by atoms with van der Waals surface area (Å²) in [5, 5.41) is 6.15. The highest BCUT2D eigenvalue weighted by molar-refractivity contribution is 5.96. The highest BCUT2D eigenvalue weighted by Gasteiger charge is 2.37. The van der Waals surface area contributed by atoms with Gasteiger partial charge in [0.25, 0.3) is 11.8 Å². The molecule has 3 aromatic carbocycles. The quantitative estimate of drug-likeness (QED) is 0.382. The van der Waals surface area contributed by atoms with E-state index < -0.39 is 0 Å². The lowest BCUT2D eigenvalue weighted by Gasteiger charge is -2.23. The Hall–Kier alpha value is -4.83. The number of hydrogen-bond donors (Lipinski definition) is 2. The number of ether oxygens (including phenoxy) is 3. The van der Waals surface area contributed by atoms with Crippen molar-refractivity contribution >= 4 is 11.8 Å². The highest BCUT2D eigenvalue weighted by atomic mass is 16.5. The van der Waals surface area contributed by atoms with E-state index in [4.69, 9.17) is 14.2 Å². The van der Waals surface area contributed by atoms with Gasteiger partial charge >= 0.3 is 0 Å². The van der Waals surface area contributed by atoms with Gasteiger partial charge < -0.3 is 29.4 Å². The number of methoxy groups -OCH3 is 1. The van der Waals surface area contributed by atoms with Gasteiger partial charge in [0.2, 0.25) is 0 Å². The van der Waals surface area contributed by atoms with Crippen molar-refractivity contribution in [2.45, 2.75) is 32.2 Å². The molecule has 2 N–H and O–H groups in total. The first-order valence-corrected chi connectivity index (χ1v) is 14.3. The van der Waals surface area contributed by atoms with Gasteiger partial charge in [-0.1, -0.05) is 24.3 Å². The largest absolute Gasteiger partial charge is 0.493 e. The van der Waals surface area contributed by atoms with Gasteiger partial charge in [0, 0.05) is 44.6 Å². The Morgan fingerprint density at radius 1 is 1.05 bits per heavy atom. The number of rotatable bonds is 3. The van der Waals surface area contributed by atoms with Crippen LogP contribution in [0.15, 0.2) is 73.1 Å². The molecule has 6 bridgehead atoms. The number of likely N-dealkylation sites (tertiary alicyclic amines) is 1. The number of nitrogens with zero attached hydrogens (tertiary/aromatic N) is 3. The normalized spacial score (nSPS) is 19.0. The first-order chi connectivity index (χ1) is 20.9. The molecule has 0 aliphatic carbocycles. The van der Waals surface area contributed by atoms with E-state index in [-0.39, 0.29) is 30.6 Å². The molecule has 10 heteroatoms. The number of fused-ring (bicyclic) bond motifs is 7. The summed E-state index contributed by atoms with van der Waals surface area (Å²) < 4.78 is 20.0. The Morgan fingerprint density at radius 2 is 1.93 bits per heavy atom. The van der Waals surface area contributed by atoms with Crippen molar-refractivity contribution in [3.05, 3.63) is 95.6 Å². The van der Waals surface area contributed by atoms with Crippen LogP contribution in [0.3, 0.4) is 0 Å². The van der Waals surface area contributed by atoms with E-state index in [9.17, 15) is 9.59 Å². The van der Waals surface area contributed by atoms with Crippen LogP contribution in [-0.4, -0.2) is 65.2 Å². The predicted octanol–water partition coefficient (Wildman–Crippen LogP) is 3.47. The number of amides is 2. The molecule has 4 aromatic rings. The zero-order chi connectivity index (χ0) is 29.9. The predicted molar refractivity (Wildman–Crippen MR) is 161 cm³/mol. The molecule has 222 valence electrons. The third kappa shape index (κ3) is 6.34. The average molecular weight is 582 g/mol. The van der Waals surface area contributed by atoms with Gasteiger partial charge in [0.1, 0.15) is 17.7 Å². The molecule has 0 unspecified atom stereocenters. The minimum Gasteiger partial charge on any atom is -0.493 e. The molecule has 0 radical (unpaired) electrons. The summed E-state index contributed by atoms with van der Waals surface area (Å²) in [7, 11) is 3.56. The average Bonchev–Trinajstić information content (AvgIpc) is 3.59. The maximum absolute atomic E-state index is 13.7. The highest BCUT2D eigenvalue weighted by Crippen LogP contribution is 2.32. The Morgan fingerprint density at radius 3 is 2.74 bits per heavy atom. The molecule has 43 heavy (non-hydrogen) atoms. The zero-order valence-electron chi connectivity index (χ0n) is 24.5. The smallest absolute Gasteiger partial charge is 0.258 e. The number of carbonyl (C=O) groups is 2. The number of imidazole rings is 1. The van der Waals surface area contributed by atoms with Crippen molar-refractivity contribution in [2.24, 2.45) is 7.05 Å². The second-order valence-electron chi connectivity index (χ2n) is 11.0. The number of nitrogens with one attached hydrogen (secondary N) is 2. The second kappa shape index (κ2) is 12.2.